The second-order valence-corrected chi connectivity index (χ2v) is 4.70. The van der Waals surface area contributed by atoms with Gasteiger partial charge in [-0.05, 0) is 36.8 Å². The standard InChI is InChI=1S/C14H14BrN.ClH/c1-11(12-6-5-7-13(15)10-12)16-14-8-3-2-4-9-14;/h2-11,16H,1H3;1H/t11-;/m0./s1. The predicted molar refractivity (Wildman–Crippen MR) is 79.9 cm³/mol. The maximum absolute atomic E-state index is 3.49. The molecule has 17 heavy (non-hydrogen) atoms. The van der Waals surface area contributed by atoms with E-state index in [4.69, 9.17) is 0 Å². The van der Waals surface area contributed by atoms with Gasteiger partial charge < -0.3 is 5.32 Å². The van der Waals surface area contributed by atoms with Gasteiger partial charge in [-0.2, -0.15) is 0 Å². The zero-order chi connectivity index (χ0) is 11.4. The summed E-state index contributed by atoms with van der Waals surface area (Å²) in [6.07, 6.45) is 0. The van der Waals surface area contributed by atoms with E-state index < -0.39 is 0 Å². The summed E-state index contributed by atoms with van der Waals surface area (Å²) in [5.41, 5.74) is 2.42. The zero-order valence-corrected chi connectivity index (χ0v) is 12.0. The van der Waals surface area contributed by atoms with Gasteiger partial charge in [-0.3, -0.25) is 0 Å². The minimum atomic E-state index is 0. The Morgan fingerprint density at radius 2 is 1.71 bits per heavy atom. The molecule has 0 aliphatic rings. The molecular formula is C14H15BrClN. The van der Waals surface area contributed by atoms with Crippen LogP contribution in [-0.2, 0) is 0 Å². The maximum atomic E-state index is 3.49. The molecule has 0 bridgehead atoms. The molecule has 0 saturated carbocycles. The molecule has 0 saturated heterocycles. The van der Waals surface area contributed by atoms with Crippen LogP contribution in [0.5, 0.6) is 0 Å². The first-order valence-electron chi connectivity index (χ1n) is 5.33. The quantitative estimate of drug-likeness (QED) is 0.837. The molecule has 90 valence electrons. The van der Waals surface area contributed by atoms with E-state index in [9.17, 15) is 0 Å². The number of rotatable bonds is 3. The summed E-state index contributed by atoms with van der Waals surface area (Å²) in [5.74, 6) is 0. The number of para-hydroxylation sites is 1. The Bertz CT molecular complexity index is 459. The Hall–Kier alpha value is -0.990. The molecular weight excluding hydrogens is 298 g/mol. The van der Waals surface area contributed by atoms with Gasteiger partial charge in [0.25, 0.3) is 0 Å². The first-order chi connectivity index (χ1) is 7.75. The number of hydrogen-bond acceptors (Lipinski definition) is 1. The molecule has 1 atom stereocenters. The fraction of sp³-hybridized carbons (Fsp3) is 0.143. The first-order valence-corrected chi connectivity index (χ1v) is 6.12. The lowest BCUT2D eigenvalue weighted by atomic mass is 10.1. The molecule has 0 heterocycles. The third kappa shape index (κ3) is 4.06. The number of hydrogen-bond donors (Lipinski definition) is 1. The molecule has 2 aromatic carbocycles. The molecule has 0 radical (unpaired) electrons. The molecule has 1 N–H and O–H groups in total. The Labute approximate surface area is 117 Å². The van der Waals surface area contributed by atoms with E-state index in [2.05, 4.69) is 58.5 Å². The summed E-state index contributed by atoms with van der Waals surface area (Å²) in [6.45, 7) is 2.16. The Kier molecular flexibility index (Phi) is 5.52. The van der Waals surface area contributed by atoms with E-state index in [1.165, 1.54) is 5.56 Å². The number of nitrogens with one attached hydrogen (secondary N) is 1. The van der Waals surface area contributed by atoms with Crippen molar-refractivity contribution in [3.63, 3.8) is 0 Å². The van der Waals surface area contributed by atoms with Crippen LogP contribution in [0, 0.1) is 0 Å². The highest BCUT2D eigenvalue weighted by Gasteiger charge is 2.04. The minimum absolute atomic E-state index is 0. The SMILES string of the molecule is C[C@H](Nc1ccccc1)c1cccc(Br)c1.Cl. The maximum Gasteiger partial charge on any atom is 0.0486 e. The van der Waals surface area contributed by atoms with E-state index in [0.29, 0.717) is 6.04 Å². The lowest BCUT2D eigenvalue weighted by molar-refractivity contribution is 0.884. The largest absolute Gasteiger partial charge is 0.379 e. The lowest BCUT2D eigenvalue weighted by Gasteiger charge is -2.15. The van der Waals surface area contributed by atoms with Crippen molar-refractivity contribution in [2.24, 2.45) is 0 Å². The lowest BCUT2D eigenvalue weighted by Crippen LogP contribution is -2.06. The van der Waals surface area contributed by atoms with E-state index in [-0.39, 0.29) is 12.4 Å². The monoisotopic (exact) mass is 311 g/mol. The van der Waals surface area contributed by atoms with Crippen molar-refractivity contribution in [1.29, 1.82) is 0 Å². The van der Waals surface area contributed by atoms with Crippen LogP contribution in [0.2, 0.25) is 0 Å². The van der Waals surface area contributed by atoms with E-state index >= 15 is 0 Å². The van der Waals surface area contributed by atoms with Crippen LogP contribution >= 0.6 is 28.3 Å². The van der Waals surface area contributed by atoms with Gasteiger partial charge in [0.15, 0.2) is 0 Å². The van der Waals surface area contributed by atoms with E-state index in [1.54, 1.807) is 0 Å². The van der Waals surface area contributed by atoms with Gasteiger partial charge in [0.2, 0.25) is 0 Å². The van der Waals surface area contributed by atoms with Crippen molar-refractivity contribution in [1.82, 2.24) is 0 Å². The van der Waals surface area contributed by atoms with E-state index in [0.717, 1.165) is 10.2 Å². The van der Waals surface area contributed by atoms with Gasteiger partial charge >= 0.3 is 0 Å². The molecule has 0 amide bonds. The van der Waals surface area contributed by atoms with Crippen LogP contribution in [0.1, 0.15) is 18.5 Å². The molecule has 0 unspecified atom stereocenters. The minimum Gasteiger partial charge on any atom is -0.379 e. The van der Waals surface area contributed by atoms with Crippen LogP contribution < -0.4 is 5.32 Å². The van der Waals surface area contributed by atoms with Crippen molar-refractivity contribution < 1.29 is 0 Å². The molecule has 0 fully saturated rings. The van der Waals surface area contributed by atoms with Crippen LogP contribution in [0.25, 0.3) is 0 Å². The Morgan fingerprint density at radius 3 is 2.35 bits per heavy atom. The molecule has 0 spiro atoms. The van der Waals surface area contributed by atoms with Crippen molar-refractivity contribution in [3.05, 3.63) is 64.6 Å². The summed E-state index contributed by atoms with van der Waals surface area (Å²) < 4.78 is 1.12. The second kappa shape index (κ2) is 6.67. The second-order valence-electron chi connectivity index (χ2n) is 3.79. The zero-order valence-electron chi connectivity index (χ0n) is 9.56. The molecule has 0 aliphatic carbocycles. The summed E-state index contributed by atoms with van der Waals surface area (Å²) in [4.78, 5) is 0. The third-order valence-corrected chi connectivity index (χ3v) is 3.00. The van der Waals surface area contributed by atoms with Gasteiger partial charge in [-0.15, -0.1) is 12.4 Å². The van der Waals surface area contributed by atoms with Gasteiger partial charge in [0.05, 0.1) is 0 Å². The average molecular weight is 313 g/mol. The van der Waals surface area contributed by atoms with Crippen molar-refractivity contribution in [2.75, 3.05) is 5.32 Å². The van der Waals surface area contributed by atoms with Gasteiger partial charge in [-0.1, -0.05) is 46.3 Å². The average Bonchev–Trinajstić information content (AvgIpc) is 2.30. The fourth-order valence-corrected chi connectivity index (χ4v) is 2.06. The summed E-state index contributed by atoms with van der Waals surface area (Å²) in [5, 5.41) is 3.46. The first kappa shape index (κ1) is 14.1. The van der Waals surface area contributed by atoms with Gasteiger partial charge in [-0.25, -0.2) is 0 Å². The Morgan fingerprint density at radius 1 is 1.00 bits per heavy atom. The topological polar surface area (TPSA) is 12.0 Å². The molecule has 2 rings (SSSR count). The summed E-state index contributed by atoms with van der Waals surface area (Å²) in [7, 11) is 0. The Balaban J connectivity index is 0.00000144. The molecule has 0 aromatic heterocycles. The highest BCUT2D eigenvalue weighted by atomic mass is 79.9. The molecule has 3 heteroatoms. The fourth-order valence-electron chi connectivity index (χ4n) is 1.64. The highest BCUT2D eigenvalue weighted by Crippen LogP contribution is 2.21. The van der Waals surface area contributed by atoms with Crippen LogP contribution in [0.4, 0.5) is 5.69 Å². The highest BCUT2D eigenvalue weighted by molar-refractivity contribution is 9.10. The van der Waals surface area contributed by atoms with Crippen molar-refractivity contribution in [3.8, 4) is 0 Å². The molecule has 0 aliphatic heterocycles. The van der Waals surface area contributed by atoms with Crippen molar-refractivity contribution >= 4 is 34.0 Å². The number of anilines is 1. The number of benzene rings is 2. The third-order valence-electron chi connectivity index (χ3n) is 2.51. The van der Waals surface area contributed by atoms with Crippen LogP contribution in [0.3, 0.4) is 0 Å². The molecule has 2 aromatic rings. The summed E-state index contributed by atoms with van der Waals surface area (Å²) in [6, 6.07) is 18.9. The normalized spacial score (nSPS) is 11.4. The number of halogens is 2. The predicted octanol–water partition coefficient (Wildman–Crippen LogP) is 5.04. The van der Waals surface area contributed by atoms with Gasteiger partial charge in [0, 0.05) is 16.2 Å². The van der Waals surface area contributed by atoms with Crippen LogP contribution in [-0.4, -0.2) is 0 Å². The smallest absolute Gasteiger partial charge is 0.0486 e. The van der Waals surface area contributed by atoms with E-state index in [1.807, 2.05) is 24.3 Å². The van der Waals surface area contributed by atoms with Crippen LogP contribution in [0.15, 0.2) is 59.1 Å². The summed E-state index contributed by atoms with van der Waals surface area (Å²) >= 11 is 3.49. The van der Waals surface area contributed by atoms with Crippen molar-refractivity contribution in [2.45, 2.75) is 13.0 Å². The van der Waals surface area contributed by atoms with Gasteiger partial charge in [0.1, 0.15) is 0 Å². The molecule has 1 nitrogen and oxygen atoms in total.